The number of amides is 1. The molecule has 2 heterocycles. The molecule has 8 heteroatoms. The minimum atomic E-state index is -0.257. The van der Waals surface area contributed by atoms with Gasteiger partial charge in [-0.25, -0.2) is 0 Å². The maximum atomic E-state index is 12.3. The second kappa shape index (κ2) is 7.69. The summed E-state index contributed by atoms with van der Waals surface area (Å²) >= 11 is 1.26. The van der Waals surface area contributed by atoms with Gasteiger partial charge in [0.15, 0.2) is 5.16 Å². The van der Waals surface area contributed by atoms with Gasteiger partial charge in [0.05, 0.1) is 11.4 Å². The number of H-pyrrole nitrogens is 1. The van der Waals surface area contributed by atoms with Crippen LogP contribution in [0.4, 0.5) is 5.69 Å². The zero-order chi connectivity index (χ0) is 19.5. The van der Waals surface area contributed by atoms with Gasteiger partial charge in [-0.05, 0) is 30.2 Å². The second-order valence-electron chi connectivity index (χ2n) is 6.23. The van der Waals surface area contributed by atoms with E-state index in [2.05, 4.69) is 20.5 Å². The molecule has 2 N–H and O–H groups in total. The van der Waals surface area contributed by atoms with E-state index in [4.69, 9.17) is 0 Å². The van der Waals surface area contributed by atoms with Crippen LogP contribution in [0.25, 0.3) is 17.0 Å². The maximum Gasteiger partial charge on any atom is 0.252 e. The molecule has 0 spiro atoms. The summed E-state index contributed by atoms with van der Waals surface area (Å²) in [5.41, 5.74) is 3.11. The highest BCUT2D eigenvalue weighted by atomic mass is 32.2. The van der Waals surface area contributed by atoms with E-state index in [9.17, 15) is 9.59 Å². The first kappa shape index (κ1) is 18.0. The van der Waals surface area contributed by atoms with Gasteiger partial charge in [0, 0.05) is 11.8 Å². The lowest BCUT2D eigenvalue weighted by atomic mass is 10.1. The first-order valence-electron chi connectivity index (χ1n) is 8.63. The van der Waals surface area contributed by atoms with Gasteiger partial charge < -0.3 is 5.32 Å². The molecule has 0 bridgehead atoms. The fourth-order valence-corrected chi connectivity index (χ4v) is 3.61. The predicted molar refractivity (Wildman–Crippen MR) is 110 cm³/mol. The number of nitrogens with one attached hydrogen (secondary N) is 2. The van der Waals surface area contributed by atoms with Crippen molar-refractivity contribution in [3.63, 3.8) is 0 Å². The number of aryl methyl sites for hydroxylation is 1. The van der Waals surface area contributed by atoms with Crippen LogP contribution in [0, 0.1) is 6.92 Å². The summed E-state index contributed by atoms with van der Waals surface area (Å²) in [7, 11) is 0. The molecule has 0 radical (unpaired) electrons. The molecule has 28 heavy (non-hydrogen) atoms. The SMILES string of the molecule is Cc1cccc(NC(=O)CSc2nnc3[nH]c(=O)cc(-c4ccccc4)n23)c1. The molecular weight excluding hydrogens is 374 g/mol. The molecule has 140 valence electrons. The molecule has 4 aromatic rings. The Kier molecular flexibility index (Phi) is 4.94. The third kappa shape index (κ3) is 3.81. The van der Waals surface area contributed by atoms with Crippen molar-refractivity contribution in [2.24, 2.45) is 0 Å². The Hall–Kier alpha value is -3.39. The number of anilines is 1. The zero-order valence-electron chi connectivity index (χ0n) is 15.0. The summed E-state index contributed by atoms with van der Waals surface area (Å²) < 4.78 is 1.75. The van der Waals surface area contributed by atoms with Crippen molar-refractivity contribution in [3.8, 4) is 11.3 Å². The van der Waals surface area contributed by atoms with Crippen molar-refractivity contribution in [1.82, 2.24) is 19.6 Å². The summed E-state index contributed by atoms with van der Waals surface area (Å²) in [6.45, 7) is 1.97. The number of aromatic amines is 1. The molecular formula is C20H17N5O2S. The molecule has 0 atom stereocenters. The van der Waals surface area contributed by atoms with Crippen molar-refractivity contribution in [2.75, 3.05) is 11.1 Å². The van der Waals surface area contributed by atoms with Gasteiger partial charge in [-0.2, -0.15) is 0 Å². The van der Waals surface area contributed by atoms with E-state index in [-0.39, 0.29) is 17.2 Å². The number of carbonyl (C=O) groups is 1. The molecule has 1 amide bonds. The number of hydrogen-bond acceptors (Lipinski definition) is 5. The summed E-state index contributed by atoms with van der Waals surface area (Å²) in [5, 5.41) is 11.6. The summed E-state index contributed by atoms with van der Waals surface area (Å²) in [6.07, 6.45) is 0. The molecule has 4 rings (SSSR count). The van der Waals surface area contributed by atoms with Gasteiger partial charge >= 0.3 is 0 Å². The Balaban J connectivity index is 1.59. The van der Waals surface area contributed by atoms with Crippen LogP contribution in [0.5, 0.6) is 0 Å². The number of carbonyl (C=O) groups excluding carboxylic acids is 1. The Morgan fingerprint density at radius 1 is 1.11 bits per heavy atom. The van der Waals surface area contributed by atoms with E-state index < -0.39 is 0 Å². The smallest absolute Gasteiger partial charge is 0.252 e. The monoisotopic (exact) mass is 391 g/mol. The molecule has 2 aromatic carbocycles. The van der Waals surface area contributed by atoms with E-state index in [0.29, 0.717) is 16.6 Å². The number of nitrogens with zero attached hydrogens (tertiary/aromatic N) is 3. The van der Waals surface area contributed by atoms with Gasteiger partial charge in [0.1, 0.15) is 0 Å². The Labute approximate surface area is 164 Å². The topological polar surface area (TPSA) is 92.2 Å². The van der Waals surface area contributed by atoms with Crippen LogP contribution in [0.15, 0.2) is 70.6 Å². The lowest BCUT2D eigenvalue weighted by Gasteiger charge is -2.08. The average Bonchev–Trinajstić information content (AvgIpc) is 3.09. The van der Waals surface area contributed by atoms with Gasteiger partial charge in [-0.1, -0.05) is 54.2 Å². The van der Waals surface area contributed by atoms with Gasteiger partial charge in [0.2, 0.25) is 11.7 Å². The number of thioether (sulfide) groups is 1. The highest BCUT2D eigenvalue weighted by Gasteiger charge is 2.14. The number of benzene rings is 2. The molecule has 0 aliphatic carbocycles. The number of rotatable bonds is 5. The zero-order valence-corrected chi connectivity index (χ0v) is 15.9. The lowest BCUT2D eigenvalue weighted by molar-refractivity contribution is -0.113. The quantitative estimate of drug-likeness (QED) is 0.510. The van der Waals surface area contributed by atoms with Crippen LogP contribution in [-0.4, -0.2) is 31.2 Å². The van der Waals surface area contributed by atoms with E-state index in [1.54, 1.807) is 4.40 Å². The van der Waals surface area contributed by atoms with Crippen LogP contribution >= 0.6 is 11.8 Å². The third-order valence-corrected chi connectivity index (χ3v) is 5.01. The van der Waals surface area contributed by atoms with Crippen molar-refractivity contribution in [3.05, 3.63) is 76.6 Å². The fourth-order valence-electron chi connectivity index (χ4n) is 2.87. The largest absolute Gasteiger partial charge is 0.325 e. The number of fused-ring (bicyclic) bond motifs is 1. The Bertz CT molecular complexity index is 1200. The van der Waals surface area contributed by atoms with Crippen molar-refractivity contribution < 1.29 is 4.79 Å². The summed E-state index contributed by atoms with van der Waals surface area (Å²) in [4.78, 5) is 27.0. The van der Waals surface area contributed by atoms with Crippen molar-refractivity contribution >= 4 is 29.1 Å². The van der Waals surface area contributed by atoms with E-state index in [1.807, 2.05) is 61.5 Å². The fraction of sp³-hybridized carbons (Fsp3) is 0.100. The van der Waals surface area contributed by atoms with Crippen LogP contribution in [0.1, 0.15) is 5.56 Å². The highest BCUT2D eigenvalue weighted by molar-refractivity contribution is 7.99. The molecule has 0 fully saturated rings. The molecule has 0 aliphatic heterocycles. The molecule has 0 unspecified atom stereocenters. The van der Waals surface area contributed by atoms with Gasteiger partial charge in [-0.3, -0.25) is 19.0 Å². The lowest BCUT2D eigenvalue weighted by Crippen LogP contribution is -2.14. The minimum Gasteiger partial charge on any atom is -0.325 e. The Morgan fingerprint density at radius 3 is 2.71 bits per heavy atom. The first-order chi connectivity index (χ1) is 13.6. The standard InChI is InChI=1S/C20H17N5O2S/c1-13-6-5-9-15(10-13)21-18(27)12-28-20-24-23-19-22-17(26)11-16(25(19)20)14-7-3-2-4-8-14/h2-11H,12H2,1H3,(H,21,27)(H,22,23,26). The predicted octanol–water partition coefficient (Wildman–Crippen LogP) is 3.12. The molecule has 0 aliphatic rings. The second-order valence-corrected chi connectivity index (χ2v) is 7.18. The summed E-state index contributed by atoms with van der Waals surface area (Å²) in [6, 6.07) is 18.6. The Morgan fingerprint density at radius 2 is 1.93 bits per heavy atom. The van der Waals surface area contributed by atoms with Crippen LogP contribution < -0.4 is 10.9 Å². The van der Waals surface area contributed by atoms with Crippen LogP contribution in [0.2, 0.25) is 0 Å². The maximum absolute atomic E-state index is 12.3. The molecule has 7 nitrogen and oxygen atoms in total. The average molecular weight is 391 g/mol. The first-order valence-corrected chi connectivity index (χ1v) is 9.62. The number of aromatic nitrogens is 4. The molecule has 0 saturated heterocycles. The molecule has 0 saturated carbocycles. The third-order valence-electron chi connectivity index (χ3n) is 4.08. The minimum absolute atomic E-state index is 0.141. The van der Waals surface area contributed by atoms with E-state index >= 15 is 0 Å². The van der Waals surface area contributed by atoms with Crippen LogP contribution in [0.3, 0.4) is 0 Å². The number of hydrogen-bond donors (Lipinski definition) is 2. The summed E-state index contributed by atoms with van der Waals surface area (Å²) in [5.74, 6) is 0.369. The normalized spacial score (nSPS) is 10.9. The van der Waals surface area contributed by atoms with Crippen molar-refractivity contribution in [2.45, 2.75) is 12.1 Å². The molecule has 2 aromatic heterocycles. The van der Waals surface area contributed by atoms with Gasteiger partial charge in [-0.15, -0.1) is 10.2 Å². The van der Waals surface area contributed by atoms with Crippen LogP contribution in [-0.2, 0) is 4.79 Å². The van der Waals surface area contributed by atoms with Crippen molar-refractivity contribution in [1.29, 1.82) is 0 Å². The highest BCUT2D eigenvalue weighted by Crippen LogP contribution is 2.24. The van der Waals surface area contributed by atoms with Gasteiger partial charge in [0.25, 0.3) is 5.56 Å². The van der Waals surface area contributed by atoms with E-state index in [1.165, 1.54) is 17.8 Å². The van der Waals surface area contributed by atoms with E-state index in [0.717, 1.165) is 16.8 Å².